The van der Waals surface area contributed by atoms with Gasteiger partial charge in [0.25, 0.3) is 0 Å². The lowest BCUT2D eigenvalue weighted by Gasteiger charge is -2.27. The molecule has 1 aliphatic rings. The Bertz CT molecular complexity index is 585. The minimum absolute atomic E-state index is 0.578. The van der Waals surface area contributed by atoms with E-state index in [9.17, 15) is 0 Å². The summed E-state index contributed by atoms with van der Waals surface area (Å²) in [7, 11) is 0. The molecule has 0 amide bonds. The zero-order chi connectivity index (χ0) is 14.5. The summed E-state index contributed by atoms with van der Waals surface area (Å²) in [6, 6.07) is 5.69. The molecule has 3 heterocycles. The maximum atomic E-state index is 5.37. The highest BCUT2D eigenvalue weighted by molar-refractivity contribution is 5.53. The normalized spacial score (nSPS) is 15.0. The number of hydrogen-bond donors (Lipinski definition) is 1. The summed E-state index contributed by atoms with van der Waals surface area (Å²) >= 11 is 0. The topological polar surface area (TPSA) is 76.1 Å². The van der Waals surface area contributed by atoms with Gasteiger partial charge in [-0.25, -0.2) is 0 Å². The Kier molecular flexibility index (Phi) is 4.20. The first-order valence-corrected chi connectivity index (χ1v) is 7.11. The Morgan fingerprint density at radius 2 is 2.05 bits per heavy atom. The van der Waals surface area contributed by atoms with Crippen molar-refractivity contribution in [2.45, 2.75) is 6.92 Å². The Balaban J connectivity index is 1.97. The fraction of sp³-hybridized carbons (Fsp3) is 0.429. The van der Waals surface area contributed by atoms with Crippen LogP contribution in [-0.2, 0) is 4.74 Å². The smallest absolute Gasteiger partial charge is 0.230 e. The van der Waals surface area contributed by atoms with Gasteiger partial charge in [0, 0.05) is 25.8 Å². The fourth-order valence-electron chi connectivity index (χ4n) is 2.12. The van der Waals surface area contributed by atoms with E-state index in [1.165, 1.54) is 0 Å². The number of ether oxygens (including phenoxy) is 1. The van der Waals surface area contributed by atoms with E-state index in [1.807, 2.05) is 25.1 Å². The van der Waals surface area contributed by atoms with Crippen LogP contribution in [0.3, 0.4) is 0 Å². The molecule has 2 aromatic rings. The summed E-state index contributed by atoms with van der Waals surface area (Å²) in [5, 5.41) is 3.15. The van der Waals surface area contributed by atoms with Crippen molar-refractivity contribution in [3.63, 3.8) is 0 Å². The van der Waals surface area contributed by atoms with E-state index in [0.717, 1.165) is 25.3 Å². The molecule has 0 aliphatic carbocycles. The summed E-state index contributed by atoms with van der Waals surface area (Å²) in [6.07, 6.45) is 1.74. The van der Waals surface area contributed by atoms with Crippen molar-refractivity contribution in [1.29, 1.82) is 0 Å². The largest absolute Gasteiger partial charge is 0.378 e. The van der Waals surface area contributed by atoms with Crippen LogP contribution >= 0.6 is 0 Å². The van der Waals surface area contributed by atoms with E-state index in [2.05, 4.69) is 30.2 Å². The SMILES string of the molecule is CCNc1nc(-c2ccccn2)nc(N2CCOCC2)n1. The number of nitrogens with zero attached hydrogens (tertiary/aromatic N) is 5. The van der Waals surface area contributed by atoms with Crippen molar-refractivity contribution in [1.82, 2.24) is 19.9 Å². The predicted molar refractivity (Wildman–Crippen MR) is 80.3 cm³/mol. The van der Waals surface area contributed by atoms with E-state index >= 15 is 0 Å². The van der Waals surface area contributed by atoms with Gasteiger partial charge in [-0.1, -0.05) is 6.07 Å². The summed E-state index contributed by atoms with van der Waals surface area (Å²) < 4.78 is 5.37. The van der Waals surface area contributed by atoms with E-state index in [-0.39, 0.29) is 0 Å². The highest BCUT2D eigenvalue weighted by atomic mass is 16.5. The van der Waals surface area contributed by atoms with Crippen molar-refractivity contribution in [2.24, 2.45) is 0 Å². The molecule has 2 aromatic heterocycles. The summed E-state index contributed by atoms with van der Waals surface area (Å²) in [5.74, 6) is 1.84. The molecule has 0 bridgehead atoms. The molecule has 1 saturated heterocycles. The molecule has 1 fully saturated rings. The van der Waals surface area contributed by atoms with Gasteiger partial charge in [-0.3, -0.25) is 4.98 Å². The minimum Gasteiger partial charge on any atom is -0.378 e. The average Bonchev–Trinajstić information content (AvgIpc) is 2.56. The summed E-state index contributed by atoms with van der Waals surface area (Å²) in [6.45, 7) is 5.74. The van der Waals surface area contributed by atoms with Gasteiger partial charge in [0.1, 0.15) is 5.69 Å². The zero-order valence-corrected chi connectivity index (χ0v) is 12.0. The molecule has 1 N–H and O–H groups in total. The average molecular weight is 286 g/mol. The van der Waals surface area contributed by atoms with Gasteiger partial charge in [0.15, 0.2) is 5.82 Å². The lowest BCUT2D eigenvalue weighted by molar-refractivity contribution is 0.122. The second-order valence-electron chi connectivity index (χ2n) is 4.63. The number of anilines is 2. The third kappa shape index (κ3) is 3.25. The molecule has 0 saturated carbocycles. The first kappa shape index (κ1) is 13.7. The monoisotopic (exact) mass is 286 g/mol. The van der Waals surface area contributed by atoms with Crippen LogP contribution in [0.2, 0.25) is 0 Å². The second kappa shape index (κ2) is 6.45. The van der Waals surface area contributed by atoms with Gasteiger partial charge in [-0.05, 0) is 19.1 Å². The van der Waals surface area contributed by atoms with Crippen LogP contribution in [0.25, 0.3) is 11.5 Å². The van der Waals surface area contributed by atoms with Gasteiger partial charge >= 0.3 is 0 Å². The molecule has 7 nitrogen and oxygen atoms in total. The Morgan fingerprint density at radius 1 is 1.19 bits per heavy atom. The van der Waals surface area contributed by atoms with Crippen molar-refractivity contribution in [3.05, 3.63) is 24.4 Å². The molecule has 1 aliphatic heterocycles. The molecule has 7 heteroatoms. The molecule has 0 spiro atoms. The molecule has 3 rings (SSSR count). The van der Waals surface area contributed by atoms with Crippen molar-refractivity contribution >= 4 is 11.9 Å². The molecular weight excluding hydrogens is 268 g/mol. The predicted octanol–water partition coefficient (Wildman–Crippen LogP) is 1.20. The quantitative estimate of drug-likeness (QED) is 0.905. The van der Waals surface area contributed by atoms with Gasteiger partial charge in [0.2, 0.25) is 11.9 Å². The molecule has 21 heavy (non-hydrogen) atoms. The lowest BCUT2D eigenvalue weighted by atomic mass is 10.3. The van der Waals surface area contributed by atoms with E-state index in [1.54, 1.807) is 6.20 Å². The number of morpholine rings is 1. The highest BCUT2D eigenvalue weighted by Gasteiger charge is 2.17. The number of pyridine rings is 1. The molecular formula is C14H18N6O. The third-order valence-corrected chi connectivity index (χ3v) is 3.15. The van der Waals surface area contributed by atoms with Crippen LogP contribution in [0.1, 0.15) is 6.92 Å². The van der Waals surface area contributed by atoms with Crippen LogP contribution in [0.15, 0.2) is 24.4 Å². The lowest BCUT2D eigenvalue weighted by Crippen LogP contribution is -2.37. The van der Waals surface area contributed by atoms with E-state index in [4.69, 9.17) is 4.74 Å². The maximum Gasteiger partial charge on any atom is 0.230 e. The molecule has 0 aromatic carbocycles. The second-order valence-corrected chi connectivity index (χ2v) is 4.63. The molecule has 0 atom stereocenters. The first-order chi connectivity index (χ1) is 10.4. The van der Waals surface area contributed by atoms with Crippen LogP contribution < -0.4 is 10.2 Å². The number of hydrogen-bond acceptors (Lipinski definition) is 7. The number of rotatable bonds is 4. The minimum atomic E-state index is 0.578. The highest BCUT2D eigenvalue weighted by Crippen LogP contribution is 2.18. The first-order valence-electron chi connectivity index (χ1n) is 7.11. The van der Waals surface area contributed by atoms with Crippen LogP contribution in [-0.4, -0.2) is 52.8 Å². The Labute approximate surface area is 123 Å². The number of aromatic nitrogens is 4. The van der Waals surface area contributed by atoms with Crippen LogP contribution in [0.5, 0.6) is 0 Å². The maximum absolute atomic E-state index is 5.37. The van der Waals surface area contributed by atoms with E-state index < -0.39 is 0 Å². The third-order valence-electron chi connectivity index (χ3n) is 3.15. The Morgan fingerprint density at radius 3 is 2.76 bits per heavy atom. The summed E-state index contributed by atoms with van der Waals surface area (Å²) in [5.41, 5.74) is 0.744. The molecule has 0 radical (unpaired) electrons. The number of nitrogens with one attached hydrogen (secondary N) is 1. The van der Waals surface area contributed by atoms with Gasteiger partial charge in [-0.2, -0.15) is 15.0 Å². The van der Waals surface area contributed by atoms with Crippen molar-refractivity contribution in [2.75, 3.05) is 43.1 Å². The van der Waals surface area contributed by atoms with Gasteiger partial charge in [-0.15, -0.1) is 0 Å². The molecule has 0 unspecified atom stereocenters. The zero-order valence-electron chi connectivity index (χ0n) is 12.0. The van der Waals surface area contributed by atoms with Gasteiger partial charge < -0.3 is 15.0 Å². The van der Waals surface area contributed by atoms with Crippen molar-refractivity contribution < 1.29 is 4.74 Å². The molecule has 110 valence electrons. The van der Waals surface area contributed by atoms with E-state index in [0.29, 0.717) is 30.9 Å². The fourth-order valence-corrected chi connectivity index (χ4v) is 2.12. The van der Waals surface area contributed by atoms with Crippen LogP contribution in [0.4, 0.5) is 11.9 Å². The van der Waals surface area contributed by atoms with Crippen molar-refractivity contribution in [3.8, 4) is 11.5 Å². The van der Waals surface area contributed by atoms with Gasteiger partial charge in [0.05, 0.1) is 13.2 Å². The summed E-state index contributed by atoms with van der Waals surface area (Å²) in [4.78, 5) is 19.9. The Hall–Kier alpha value is -2.28. The van der Waals surface area contributed by atoms with Crippen LogP contribution in [0, 0.1) is 0 Å². The standard InChI is InChI=1S/C14H18N6O/c1-2-15-13-17-12(11-5-3-4-6-16-11)18-14(19-13)20-7-9-21-10-8-20/h3-6H,2,7-10H2,1H3,(H,15,17,18,19).